The molecule has 72 valence electrons. The third-order valence-corrected chi connectivity index (χ3v) is 1.22. The molecule has 0 bridgehead atoms. The molecule has 0 saturated carbocycles. The first kappa shape index (κ1) is 14.9. The van der Waals surface area contributed by atoms with Crippen molar-refractivity contribution in [3.05, 3.63) is 48.3 Å². The van der Waals surface area contributed by atoms with E-state index in [0.717, 1.165) is 11.4 Å². The van der Waals surface area contributed by atoms with Gasteiger partial charge in [0.15, 0.2) is 0 Å². The minimum atomic E-state index is 0. The van der Waals surface area contributed by atoms with Gasteiger partial charge < -0.3 is 4.98 Å². The predicted molar refractivity (Wildman–Crippen MR) is 53.0 cm³/mol. The number of aryl methyl sites for hydroxylation is 2. The molecular formula is C11H15NRu. The fraction of sp³-hybridized carbons (Fsp3) is 0.273. The van der Waals surface area contributed by atoms with Crippen molar-refractivity contribution in [2.45, 2.75) is 20.8 Å². The van der Waals surface area contributed by atoms with E-state index >= 15 is 0 Å². The van der Waals surface area contributed by atoms with Crippen LogP contribution in [0, 0.1) is 20.4 Å². The van der Waals surface area contributed by atoms with Crippen molar-refractivity contribution in [3.63, 3.8) is 0 Å². The van der Waals surface area contributed by atoms with Gasteiger partial charge in [0.25, 0.3) is 0 Å². The number of hydrogen-bond donors (Lipinski definition) is 0. The molecule has 0 aliphatic rings. The summed E-state index contributed by atoms with van der Waals surface area (Å²) in [6.45, 7) is 10.8. The molecule has 0 radical (unpaired) electrons. The zero-order chi connectivity index (χ0) is 9.40. The summed E-state index contributed by atoms with van der Waals surface area (Å²) in [5.41, 5.74) is 2.22. The fourth-order valence-electron chi connectivity index (χ4n) is 0.705. The second-order valence-corrected chi connectivity index (χ2v) is 2.45. The maximum absolute atomic E-state index is 4.93. The number of allylic oxidation sites excluding steroid dienone is 3. The molecule has 1 aromatic heterocycles. The van der Waals surface area contributed by atoms with Crippen LogP contribution in [0.1, 0.15) is 18.3 Å². The van der Waals surface area contributed by atoms with E-state index in [-0.39, 0.29) is 19.5 Å². The van der Waals surface area contributed by atoms with Crippen LogP contribution in [0.15, 0.2) is 30.4 Å². The number of rotatable bonds is 1. The molecule has 1 nitrogen and oxygen atoms in total. The topological polar surface area (TPSA) is 12.9 Å². The van der Waals surface area contributed by atoms with Crippen LogP contribution >= 0.6 is 0 Å². The second-order valence-electron chi connectivity index (χ2n) is 2.45. The SMILES string of the molecule is Cc1cc[c-](C)n1.[CH-]=CC=CC.[Ru+2]. The summed E-state index contributed by atoms with van der Waals surface area (Å²) in [7, 11) is 0. The van der Waals surface area contributed by atoms with Crippen LogP contribution in [-0.2, 0) is 19.5 Å². The van der Waals surface area contributed by atoms with Crippen molar-refractivity contribution >= 4 is 0 Å². The normalized spacial score (nSPS) is 8.54. The molecule has 1 rings (SSSR count). The number of aromatic nitrogens is 1. The molecule has 0 amide bonds. The molecule has 13 heavy (non-hydrogen) atoms. The summed E-state index contributed by atoms with van der Waals surface area (Å²) in [6.07, 6.45) is 5.15. The first-order chi connectivity index (χ1) is 5.70. The summed E-state index contributed by atoms with van der Waals surface area (Å²) < 4.78 is 0. The third kappa shape index (κ3) is 9.30. The molecule has 0 saturated heterocycles. The van der Waals surface area contributed by atoms with E-state index in [4.69, 9.17) is 6.58 Å². The van der Waals surface area contributed by atoms with Crippen molar-refractivity contribution in [1.29, 1.82) is 0 Å². The van der Waals surface area contributed by atoms with Crippen LogP contribution in [0.25, 0.3) is 0 Å². The van der Waals surface area contributed by atoms with E-state index < -0.39 is 0 Å². The van der Waals surface area contributed by atoms with Gasteiger partial charge in [-0.1, -0.05) is 26.5 Å². The molecule has 0 unspecified atom stereocenters. The Morgan fingerprint density at radius 3 is 2.23 bits per heavy atom. The Morgan fingerprint density at radius 1 is 1.54 bits per heavy atom. The molecule has 0 aliphatic carbocycles. The predicted octanol–water partition coefficient (Wildman–Crippen LogP) is 2.97. The van der Waals surface area contributed by atoms with Crippen LogP contribution in [-0.4, -0.2) is 4.98 Å². The number of nitrogens with zero attached hydrogens (tertiary/aromatic N) is 1. The monoisotopic (exact) mass is 263 g/mol. The quantitative estimate of drug-likeness (QED) is 0.431. The van der Waals surface area contributed by atoms with Gasteiger partial charge >= 0.3 is 19.5 Å². The molecule has 0 fully saturated rings. The summed E-state index contributed by atoms with van der Waals surface area (Å²) in [6, 6.07) is 4.02. The van der Waals surface area contributed by atoms with Crippen LogP contribution in [0.5, 0.6) is 0 Å². The second kappa shape index (κ2) is 9.47. The average Bonchev–Trinajstić information content (AvgIpc) is 2.38. The van der Waals surface area contributed by atoms with E-state index in [1.807, 2.05) is 39.0 Å². The Hall–Kier alpha value is -0.617. The molecular weight excluding hydrogens is 247 g/mol. The van der Waals surface area contributed by atoms with Gasteiger partial charge in [-0.25, -0.2) is 12.2 Å². The number of hydrogen-bond acceptors (Lipinski definition) is 1. The Labute approximate surface area is 93.7 Å². The van der Waals surface area contributed by atoms with Gasteiger partial charge in [0.2, 0.25) is 0 Å². The van der Waals surface area contributed by atoms with Crippen molar-refractivity contribution in [2.24, 2.45) is 0 Å². The van der Waals surface area contributed by atoms with Crippen molar-refractivity contribution < 1.29 is 19.5 Å². The molecule has 0 spiro atoms. The summed E-state index contributed by atoms with van der Waals surface area (Å²) >= 11 is 0. The zero-order valence-corrected chi connectivity index (χ0v) is 10.0. The average molecular weight is 262 g/mol. The van der Waals surface area contributed by atoms with Crippen molar-refractivity contribution in [2.75, 3.05) is 0 Å². The van der Waals surface area contributed by atoms with Gasteiger partial charge in [0.1, 0.15) is 0 Å². The smallest absolute Gasteiger partial charge is 0.397 e. The van der Waals surface area contributed by atoms with Crippen LogP contribution in [0.4, 0.5) is 0 Å². The van der Waals surface area contributed by atoms with E-state index in [2.05, 4.69) is 4.98 Å². The van der Waals surface area contributed by atoms with E-state index in [9.17, 15) is 0 Å². The van der Waals surface area contributed by atoms with Gasteiger partial charge in [-0.15, -0.1) is 5.69 Å². The minimum absolute atomic E-state index is 0. The Bertz CT molecular complexity index is 232. The molecule has 0 N–H and O–H groups in total. The summed E-state index contributed by atoms with van der Waals surface area (Å²) in [5, 5.41) is 0. The molecule has 1 aromatic rings. The Balaban J connectivity index is 0. The summed E-state index contributed by atoms with van der Waals surface area (Å²) in [5.74, 6) is 0. The van der Waals surface area contributed by atoms with Crippen LogP contribution < -0.4 is 0 Å². The Morgan fingerprint density at radius 2 is 2.15 bits per heavy atom. The van der Waals surface area contributed by atoms with Gasteiger partial charge in [-0.2, -0.15) is 18.2 Å². The van der Waals surface area contributed by atoms with Gasteiger partial charge in [-0.3, -0.25) is 6.58 Å². The summed E-state index contributed by atoms with van der Waals surface area (Å²) in [4.78, 5) is 4.11. The first-order valence-electron chi connectivity index (χ1n) is 3.94. The third-order valence-electron chi connectivity index (χ3n) is 1.22. The van der Waals surface area contributed by atoms with Gasteiger partial charge in [-0.05, 0) is 0 Å². The standard InChI is InChI=1S/C6H8N.C5H7.Ru/c1-5-3-4-6(2)7-5;1-3-5-4-2;/h3-4H,1-2H3;1,3-5H,2H3;/q2*-1;+2. The van der Waals surface area contributed by atoms with Gasteiger partial charge in [0.05, 0.1) is 0 Å². The van der Waals surface area contributed by atoms with Crippen LogP contribution in [0.2, 0.25) is 0 Å². The van der Waals surface area contributed by atoms with E-state index in [1.165, 1.54) is 6.08 Å². The maximum Gasteiger partial charge on any atom is 2.00 e. The molecule has 0 aromatic carbocycles. The zero-order valence-electron chi connectivity index (χ0n) is 8.26. The van der Waals surface area contributed by atoms with E-state index in [1.54, 1.807) is 6.08 Å². The van der Waals surface area contributed by atoms with Crippen molar-refractivity contribution in [1.82, 2.24) is 4.98 Å². The van der Waals surface area contributed by atoms with Crippen molar-refractivity contribution in [3.8, 4) is 0 Å². The van der Waals surface area contributed by atoms with Gasteiger partial charge in [0, 0.05) is 0 Å². The largest absolute Gasteiger partial charge is 2.00 e. The van der Waals surface area contributed by atoms with E-state index in [0.29, 0.717) is 0 Å². The molecule has 1 heterocycles. The fourth-order valence-corrected chi connectivity index (χ4v) is 0.705. The van der Waals surface area contributed by atoms with Crippen LogP contribution in [0.3, 0.4) is 0 Å². The molecule has 0 aliphatic heterocycles. The molecule has 2 heteroatoms. The molecule has 0 atom stereocenters. The maximum atomic E-state index is 4.93. The minimum Gasteiger partial charge on any atom is -0.397 e. The first-order valence-corrected chi connectivity index (χ1v) is 3.94. The Kier molecular flexibility index (Phi) is 10.8.